The molecule has 0 N–H and O–H groups in total. The van der Waals surface area contributed by atoms with Gasteiger partial charge in [0.2, 0.25) is 0 Å². The van der Waals surface area contributed by atoms with Crippen molar-refractivity contribution in [2.45, 2.75) is 44.9 Å². The van der Waals surface area contributed by atoms with Crippen LogP contribution in [-0.4, -0.2) is 4.98 Å². The zero-order valence-electron chi connectivity index (χ0n) is 15.1. The highest BCUT2D eigenvalue weighted by molar-refractivity contribution is 6.29. The van der Waals surface area contributed by atoms with E-state index in [2.05, 4.69) is 12.6 Å². The van der Waals surface area contributed by atoms with Crippen molar-refractivity contribution in [1.82, 2.24) is 4.98 Å². The quantitative estimate of drug-likeness (QED) is 0.770. The molecular weight excluding hydrogens is 340 g/mol. The predicted molar refractivity (Wildman–Crippen MR) is 109 cm³/mol. The van der Waals surface area contributed by atoms with Crippen molar-refractivity contribution in [2.24, 2.45) is 0 Å². The van der Waals surface area contributed by atoms with Gasteiger partial charge < -0.3 is 0 Å². The summed E-state index contributed by atoms with van der Waals surface area (Å²) in [7, 11) is 0. The van der Waals surface area contributed by atoms with Crippen LogP contribution in [0.25, 0.3) is 23.8 Å². The SMILES string of the molecule is C=c1c(-c2ccccc2)c(C#N)c(C2CCCCC2)n/c1=C/C=C(\C)Cl. The number of allylic oxidation sites excluding steroid dienone is 2. The first-order valence-electron chi connectivity index (χ1n) is 9.14. The fourth-order valence-corrected chi connectivity index (χ4v) is 3.76. The van der Waals surface area contributed by atoms with E-state index in [1.807, 2.05) is 49.4 Å². The second kappa shape index (κ2) is 8.34. The minimum atomic E-state index is 0.342. The Morgan fingerprint density at radius 1 is 1.23 bits per heavy atom. The average molecular weight is 363 g/mol. The number of hydrogen-bond donors (Lipinski definition) is 0. The van der Waals surface area contributed by atoms with Crippen molar-refractivity contribution in [3.05, 3.63) is 63.3 Å². The van der Waals surface area contributed by atoms with Crippen molar-refractivity contribution in [3.8, 4) is 17.2 Å². The lowest BCUT2D eigenvalue weighted by molar-refractivity contribution is 0.435. The summed E-state index contributed by atoms with van der Waals surface area (Å²) in [5.41, 5.74) is 3.51. The first-order chi connectivity index (χ1) is 12.6. The Morgan fingerprint density at radius 2 is 1.92 bits per heavy atom. The molecule has 26 heavy (non-hydrogen) atoms. The largest absolute Gasteiger partial charge is 0.251 e. The molecule has 0 aliphatic heterocycles. The van der Waals surface area contributed by atoms with E-state index in [9.17, 15) is 5.26 Å². The minimum absolute atomic E-state index is 0.342. The third kappa shape index (κ3) is 3.89. The fraction of sp³-hybridized carbons (Fsp3) is 0.304. The lowest BCUT2D eigenvalue weighted by atomic mass is 9.83. The van der Waals surface area contributed by atoms with E-state index in [1.165, 1.54) is 19.3 Å². The van der Waals surface area contributed by atoms with Crippen molar-refractivity contribution in [3.63, 3.8) is 0 Å². The van der Waals surface area contributed by atoms with Crippen LogP contribution in [0.2, 0.25) is 0 Å². The number of pyridine rings is 1. The Morgan fingerprint density at radius 3 is 2.54 bits per heavy atom. The van der Waals surface area contributed by atoms with Crippen LogP contribution in [0.3, 0.4) is 0 Å². The molecular formula is C23H23ClN2. The van der Waals surface area contributed by atoms with Crippen molar-refractivity contribution in [2.75, 3.05) is 0 Å². The van der Waals surface area contributed by atoms with E-state index >= 15 is 0 Å². The molecule has 0 radical (unpaired) electrons. The second-order valence-corrected chi connectivity index (χ2v) is 7.44. The van der Waals surface area contributed by atoms with Gasteiger partial charge in [-0.2, -0.15) is 5.26 Å². The van der Waals surface area contributed by atoms with Gasteiger partial charge in [-0.3, -0.25) is 4.98 Å². The Hall–Kier alpha value is -2.37. The Bertz CT molecular complexity index is 958. The molecule has 3 heteroatoms. The summed E-state index contributed by atoms with van der Waals surface area (Å²) in [6.45, 7) is 6.09. The van der Waals surface area contributed by atoms with E-state index in [1.54, 1.807) is 0 Å². The highest BCUT2D eigenvalue weighted by Gasteiger charge is 2.23. The molecule has 0 bridgehead atoms. The van der Waals surface area contributed by atoms with E-state index in [-0.39, 0.29) is 0 Å². The van der Waals surface area contributed by atoms with E-state index < -0.39 is 0 Å². The predicted octanol–water partition coefficient (Wildman–Crippen LogP) is 5.00. The third-order valence-electron chi connectivity index (χ3n) is 5.00. The lowest BCUT2D eigenvalue weighted by Crippen LogP contribution is -2.32. The summed E-state index contributed by atoms with van der Waals surface area (Å²) in [5.74, 6) is 0.342. The number of nitrogens with zero attached hydrogens (tertiary/aromatic N) is 2. The molecule has 1 heterocycles. The molecule has 1 aliphatic carbocycles. The van der Waals surface area contributed by atoms with Gasteiger partial charge >= 0.3 is 0 Å². The molecule has 0 spiro atoms. The minimum Gasteiger partial charge on any atom is -0.251 e. The molecule has 0 unspecified atom stereocenters. The van der Waals surface area contributed by atoms with Gasteiger partial charge in [0.15, 0.2) is 0 Å². The Labute approximate surface area is 160 Å². The molecule has 1 aliphatic rings. The number of halogens is 1. The van der Waals surface area contributed by atoms with Crippen LogP contribution in [0.15, 0.2) is 41.4 Å². The number of aromatic nitrogens is 1. The van der Waals surface area contributed by atoms with Crippen LogP contribution < -0.4 is 10.6 Å². The summed E-state index contributed by atoms with van der Waals surface area (Å²) in [5, 5.41) is 12.2. The Kier molecular flexibility index (Phi) is 5.91. The maximum Gasteiger partial charge on any atom is 0.102 e. The molecule has 2 aromatic rings. The van der Waals surface area contributed by atoms with Gasteiger partial charge in [0.05, 0.1) is 16.6 Å². The van der Waals surface area contributed by atoms with Crippen LogP contribution in [0.1, 0.15) is 56.2 Å². The van der Waals surface area contributed by atoms with Crippen LogP contribution in [0.4, 0.5) is 0 Å². The third-order valence-corrected chi connectivity index (χ3v) is 5.12. The zero-order chi connectivity index (χ0) is 18.5. The van der Waals surface area contributed by atoms with Crippen LogP contribution in [-0.2, 0) is 0 Å². The highest BCUT2D eigenvalue weighted by atomic mass is 35.5. The van der Waals surface area contributed by atoms with Crippen LogP contribution >= 0.6 is 11.6 Å². The van der Waals surface area contributed by atoms with Crippen molar-refractivity contribution >= 4 is 24.3 Å². The molecule has 3 rings (SSSR count). The maximum absolute atomic E-state index is 9.96. The van der Waals surface area contributed by atoms with Crippen LogP contribution in [0.5, 0.6) is 0 Å². The van der Waals surface area contributed by atoms with Gasteiger partial charge in [0.1, 0.15) is 6.07 Å². The second-order valence-electron chi connectivity index (χ2n) is 6.84. The maximum atomic E-state index is 9.96. The molecule has 1 saturated carbocycles. The number of benzene rings is 1. The number of hydrogen-bond acceptors (Lipinski definition) is 2. The summed E-state index contributed by atoms with van der Waals surface area (Å²) >= 11 is 6.01. The summed E-state index contributed by atoms with van der Waals surface area (Å²) in [6, 6.07) is 12.5. The van der Waals surface area contributed by atoms with E-state index in [0.717, 1.165) is 40.2 Å². The smallest absolute Gasteiger partial charge is 0.102 e. The molecule has 1 fully saturated rings. The zero-order valence-corrected chi connectivity index (χ0v) is 15.9. The van der Waals surface area contributed by atoms with Gasteiger partial charge in [0.25, 0.3) is 0 Å². The molecule has 1 aromatic heterocycles. The van der Waals surface area contributed by atoms with Crippen molar-refractivity contribution < 1.29 is 0 Å². The first-order valence-corrected chi connectivity index (χ1v) is 9.52. The first kappa shape index (κ1) is 18.4. The normalized spacial score (nSPS) is 16.5. The average Bonchev–Trinajstić information content (AvgIpc) is 2.67. The molecule has 1 aromatic carbocycles. The molecule has 132 valence electrons. The monoisotopic (exact) mass is 362 g/mol. The lowest BCUT2D eigenvalue weighted by Gasteiger charge is -2.23. The summed E-state index contributed by atoms with van der Waals surface area (Å²) in [6.07, 6.45) is 9.60. The van der Waals surface area contributed by atoms with E-state index in [4.69, 9.17) is 16.6 Å². The number of nitriles is 1. The topological polar surface area (TPSA) is 36.7 Å². The van der Waals surface area contributed by atoms with Gasteiger partial charge in [-0.15, -0.1) is 0 Å². The standard InChI is InChI=1S/C23H23ClN2/c1-16(24)13-14-21-17(2)22(18-9-5-3-6-10-18)20(15-25)23(26-21)19-11-7-4-8-12-19/h3,5-6,9-10,13-14,19H,2,4,7-8,11-12H2,1H3/b16-13+,21-14+. The van der Waals surface area contributed by atoms with E-state index in [0.29, 0.717) is 16.5 Å². The Balaban J connectivity index is 2.33. The molecule has 0 amide bonds. The summed E-state index contributed by atoms with van der Waals surface area (Å²) < 4.78 is 0. The molecule has 0 saturated heterocycles. The number of rotatable bonds is 3. The fourth-order valence-electron chi connectivity index (χ4n) is 3.70. The van der Waals surface area contributed by atoms with Gasteiger partial charge in [0, 0.05) is 21.7 Å². The molecule has 2 nitrogen and oxygen atoms in total. The highest BCUT2D eigenvalue weighted by Crippen LogP contribution is 2.34. The van der Waals surface area contributed by atoms with Gasteiger partial charge in [-0.1, -0.05) is 67.8 Å². The van der Waals surface area contributed by atoms with Gasteiger partial charge in [-0.25, -0.2) is 0 Å². The van der Waals surface area contributed by atoms with Crippen molar-refractivity contribution in [1.29, 1.82) is 5.26 Å². The van der Waals surface area contributed by atoms with Crippen LogP contribution in [0, 0.1) is 11.3 Å². The molecule has 0 atom stereocenters. The van der Waals surface area contributed by atoms with Gasteiger partial charge in [-0.05, 0) is 37.5 Å². The summed E-state index contributed by atoms with van der Waals surface area (Å²) in [4.78, 5) is 4.88.